The van der Waals surface area contributed by atoms with Crippen molar-refractivity contribution < 1.29 is 18.0 Å². The fraction of sp³-hybridized carbons (Fsp3) is 0.778. The molecule has 0 bridgehead atoms. The first kappa shape index (κ1) is 15.9. The molecule has 100 valence electrons. The van der Waals surface area contributed by atoms with Crippen LogP contribution >= 0.6 is 0 Å². The smallest absolute Gasteiger partial charge is 0.321 e. The minimum atomic E-state index is -3.64. The lowest BCUT2D eigenvalue weighted by Crippen LogP contribution is -2.47. The van der Waals surface area contributed by atoms with E-state index >= 15 is 0 Å². The Morgan fingerprint density at radius 1 is 1.29 bits per heavy atom. The van der Waals surface area contributed by atoms with Gasteiger partial charge in [-0.1, -0.05) is 0 Å². The highest BCUT2D eigenvalue weighted by Crippen LogP contribution is 2.03. The molecule has 8 heteroatoms. The summed E-state index contributed by atoms with van der Waals surface area (Å²) in [6.45, 7) is 4.79. The Kier molecular flexibility index (Phi) is 6.11. The number of nitrogens with two attached hydrogens (primary N) is 1. The molecule has 0 aromatic heterocycles. The van der Waals surface area contributed by atoms with E-state index in [2.05, 4.69) is 5.32 Å². The predicted octanol–water partition coefficient (Wildman–Crippen LogP) is -1.02. The van der Waals surface area contributed by atoms with Crippen LogP contribution in [0.1, 0.15) is 20.8 Å². The summed E-state index contributed by atoms with van der Waals surface area (Å²) >= 11 is 0. The van der Waals surface area contributed by atoms with Crippen molar-refractivity contribution in [3.8, 4) is 0 Å². The van der Waals surface area contributed by atoms with Crippen LogP contribution in [0.3, 0.4) is 0 Å². The minimum Gasteiger partial charge on any atom is -0.338 e. The summed E-state index contributed by atoms with van der Waals surface area (Å²) in [6, 6.07) is -1.26. The third-order valence-corrected chi connectivity index (χ3v) is 4.26. The Balaban J connectivity index is 4.55. The summed E-state index contributed by atoms with van der Waals surface area (Å²) in [5.74, 6) is -1.15. The van der Waals surface area contributed by atoms with Gasteiger partial charge in [-0.05, 0) is 20.8 Å². The van der Waals surface area contributed by atoms with Crippen LogP contribution in [0.4, 0.5) is 4.79 Å². The average molecular weight is 265 g/mol. The Morgan fingerprint density at radius 2 is 1.82 bits per heavy atom. The standard InChI is InChI=1S/C9H19N3O4S/c1-4-11-9(14)12-8(13)7(3)17(15,16)5-6(2)10/h6-7H,4-5,10H2,1-3H3,(H2,11,12,13,14). The number of amides is 3. The topological polar surface area (TPSA) is 118 Å². The normalized spacial score (nSPS) is 14.8. The molecule has 2 unspecified atom stereocenters. The summed E-state index contributed by atoms with van der Waals surface area (Å²) in [7, 11) is -3.64. The van der Waals surface area contributed by atoms with Crippen molar-refractivity contribution in [2.75, 3.05) is 12.3 Å². The van der Waals surface area contributed by atoms with Gasteiger partial charge in [-0.25, -0.2) is 13.2 Å². The molecule has 0 aliphatic carbocycles. The molecule has 7 nitrogen and oxygen atoms in total. The zero-order valence-corrected chi connectivity index (χ0v) is 11.0. The van der Waals surface area contributed by atoms with Crippen LogP contribution in [0.5, 0.6) is 0 Å². The lowest BCUT2D eigenvalue weighted by atomic mass is 10.4. The van der Waals surface area contributed by atoms with Crippen LogP contribution < -0.4 is 16.4 Å². The van der Waals surface area contributed by atoms with E-state index in [1.807, 2.05) is 5.32 Å². The molecule has 17 heavy (non-hydrogen) atoms. The van der Waals surface area contributed by atoms with Crippen LogP contribution in [0.25, 0.3) is 0 Å². The van der Waals surface area contributed by atoms with E-state index in [0.29, 0.717) is 6.54 Å². The van der Waals surface area contributed by atoms with E-state index in [4.69, 9.17) is 5.73 Å². The number of urea groups is 1. The van der Waals surface area contributed by atoms with Gasteiger partial charge in [0.2, 0.25) is 5.91 Å². The summed E-state index contributed by atoms with van der Waals surface area (Å²) < 4.78 is 23.3. The van der Waals surface area contributed by atoms with E-state index in [0.717, 1.165) is 0 Å². The third-order valence-electron chi connectivity index (χ3n) is 1.98. The first-order chi connectivity index (χ1) is 7.70. The van der Waals surface area contributed by atoms with E-state index in [-0.39, 0.29) is 5.75 Å². The Bertz CT molecular complexity index is 378. The SMILES string of the molecule is CCNC(=O)NC(=O)C(C)S(=O)(=O)CC(C)N. The fourth-order valence-corrected chi connectivity index (χ4v) is 2.50. The second kappa shape index (κ2) is 6.55. The van der Waals surface area contributed by atoms with Crippen molar-refractivity contribution in [2.45, 2.75) is 32.1 Å². The highest BCUT2D eigenvalue weighted by Gasteiger charge is 2.29. The highest BCUT2D eigenvalue weighted by atomic mass is 32.2. The number of imide groups is 1. The summed E-state index contributed by atoms with van der Waals surface area (Å²) in [5.41, 5.74) is 5.38. The van der Waals surface area contributed by atoms with Gasteiger partial charge in [-0.15, -0.1) is 0 Å². The molecule has 0 aromatic rings. The average Bonchev–Trinajstić information content (AvgIpc) is 2.14. The van der Waals surface area contributed by atoms with Gasteiger partial charge in [0, 0.05) is 12.6 Å². The van der Waals surface area contributed by atoms with E-state index in [1.165, 1.54) is 13.8 Å². The molecule has 0 saturated heterocycles. The molecule has 0 radical (unpaired) electrons. The number of carbonyl (C=O) groups is 2. The number of nitrogens with one attached hydrogen (secondary N) is 2. The van der Waals surface area contributed by atoms with Gasteiger partial charge in [0.25, 0.3) is 0 Å². The summed E-state index contributed by atoms with van der Waals surface area (Å²) in [5, 5.41) is 2.99. The highest BCUT2D eigenvalue weighted by molar-refractivity contribution is 7.92. The van der Waals surface area contributed by atoms with Crippen molar-refractivity contribution in [3.05, 3.63) is 0 Å². The molecule has 0 spiro atoms. The second-order valence-corrected chi connectivity index (χ2v) is 6.16. The number of hydrogen-bond acceptors (Lipinski definition) is 5. The molecule has 3 amide bonds. The van der Waals surface area contributed by atoms with E-state index in [9.17, 15) is 18.0 Å². The van der Waals surface area contributed by atoms with Gasteiger partial charge < -0.3 is 11.1 Å². The molecular formula is C9H19N3O4S. The number of sulfone groups is 1. The lowest BCUT2D eigenvalue weighted by molar-refractivity contribution is -0.119. The monoisotopic (exact) mass is 265 g/mol. The lowest BCUT2D eigenvalue weighted by Gasteiger charge is -2.14. The molecule has 0 saturated carbocycles. The van der Waals surface area contributed by atoms with E-state index < -0.39 is 33.1 Å². The van der Waals surface area contributed by atoms with Crippen LogP contribution in [-0.4, -0.2) is 43.9 Å². The van der Waals surface area contributed by atoms with E-state index in [1.54, 1.807) is 6.92 Å². The molecule has 0 aliphatic heterocycles. The van der Waals surface area contributed by atoms with Crippen LogP contribution in [-0.2, 0) is 14.6 Å². The van der Waals surface area contributed by atoms with Gasteiger partial charge in [0.15, 0.2) is 9.84 Å². The molecule has 0 rings (SSSR count). The summed E-state index contributed by atoms with van der Waals surface area (Å²) in [4.78, 5) is 22.5. The molecule has 2 atom stereocenters. The molecule has 0 heterocycles. The number of carbonyl (C=O) groups excluding carboxylic acids is 2. The summed E-state index contributed by atoms with van der Waals surface area (Å²) in [6.07, 6.45) is 0. The number of hydrogen-bond donors (Lipinski definition) is 3. The molecule has 0 aliphatic rings. The largest absolute Gasteiger partial charge is 0.338 e. The van der Waals surface area contributed by atoms with Crippen LogP contribution in [0.2, 0.25) is 0 Å². The van der Waals surface area contributed by atoms with Crippen molar-refractivity contribution in [2.24, 2.45) is 5.73 Å². The van der Waals surface area contributed by atoms with Gasteiger partial charge in [0.1, 0.15) is 5.25 Å². The van der Waals surface area contributed by atoms with Gasteiger partial charge >= 0.3 is 6.03 Å². The maximum atomic E-state index is 11.6. The van der Waals surface area contributed by atoms with Crippen molar-refractivity contribution in [3.63, 3.8) is 0 Å². The van der Waals surface area contributed by atoms with Crippen molar-refractivity contribution >= 4 is 21.8 Å². The van der Waals surface area contributed by atoms with Crippen LogP contribution in [0, 0.1) is 0 Å². The number of rotatable bonds is 5. The Labute approximate surface area is 101 Å². The maximum absolute atomic E-state index is 11.6. The molecule has 4 N–H and O–H groups in total. The Hall–Kier alpha value is -1.15. The molecule has 0 fully saturated rings. The quantitative estimate of drug-likeness (QED) is 0.588. The predicted molar refractivity (Wildman–Crippen MR) is 64.1 cm³/mol. The zero-order chi connectivity index (χ0) is 13.6. The maximum Gasteiger partial charge on any atom is 0.321 e. The Morgan fingerprint density at radius 3 is 2.24 bits per heavy atom. The van der Waals surface area contributed by atoms with Gasteiger partial charge in [-0.2, -0.15) is 0 Å². The first-order valence-corrected chi connectivity index (χ1v) is 6.98. The van der Waals surface area contributed by atoms with Crippen LogP contribution in [0.15, 0.2) is 0 Å². The molecular weight excluding hydrogens is 246 g/mol. The second-order valence-electron chi connectivity index (χ2n) is 3.80. The van der Waals surface area contributed by atoms with Crippen molar-refractivity contribution in [1.82, 2.24) is 10.6 Å². The van der Waals surface area contributed by atoms with Gasteiger partial charge in [0.05, 0.1) is 5.75 Å². The van der Waals surface area contributed by atoms with Gasteiger partial charge in [-0.3, -0.25) is 10.1 Å². The third kappa shape index (κ3) is 5.64. The minimum absolute atomic E-state index is 0.295. The zero-order valence-electron chi connectivity index (χ0n) is 10.2. The van der Waals surface area contributed by atoms with Crippen molar-refractivity contribution in [1.29, 1.82) is 0 Å². The molecule has 0 aromatic carbocycles. The first-order valence-electron chi connectivity index (χ1n) is 5.26. The fourth-order valence-electron chi connectivity index (χ4n) is 1.09.